The average Bonchev–Trinajstić information content (AvgIpc) is 3.17. The number of aliphatic hydroxyl groups is 11. The molecule has 3 fully saturated rings. The third-order valence-electron chi connectivity index (χ3n) is 10.3. The van der Waals surface area contributed by atoms with E-state index in [0.29, 0.717) is 0 Å². The van der Waals surface area contributed by atoms with Gasteiger partial charge in [0, 0.05) is 0 Å². The Labute approximate surface area is 317 Å². The van der Waals surface area contributed by atoms with E-state index in [9.17, 15) is 56.2 Å². The van der Waals surface area contributed by atoms with Crippen LogP contribution in [0.3, 0.4) is 0 Å². The Morgan fingerprint density at radius 3 is 1.48 bits per heavy atom. The maximum atomic E-state index is 10.9. The zero-order valence-corrected chi connectivity index (χ0v) is 31.2. The van der Waals surface area contributed by atoms with Crippen LogP contribution in [0.2, 0.25) is 0 Å². The number of ether oxygens (including phenoxy) is 6. The standard InChI is InChI=1S/C36H67NO17/c1-2-3-4-5-6-7-8-9-10-11-12-13-14-15-21(41)20(37)19-49-34-30(47)27(44)32(23(17-39)51-34)54-36-31(48)28(45)33(24(18-40)52-36)53-35-29(46)26(43)25(42)22(16-38)50-35/h14-15,20-36,38-48H,2-13,16-19,37H2,1H3/b15-14+/t20-,21+,22+,23+,24+,25-,26-,27+,28+,29+,30+,31+,32+,33-,34+,35-,36-/m0/s1. The number of hydrogen-bond acceptors (Lipinski definition) is 18. The van der Waals surface area contributed by atoms with Crippen LogP contribution < -0.4 is 5.73 Å². The second-order valence-electron chi connectivity index (χ2n) is 14.6. The molecule has 13 N–H and O–H groups in total. The first-order valence-electron chi connectivity index (χ1n) is 19.5. The zero-order valence-electron chi connectivity index (χ0n) is 31.2. The molecule has 318 valence electrons. The monoisotopic (exact) mass is 785 g/mol. The molecule has 3 heterocycles. The molecule has 3 aliphatic rings. The largest absolute Gasteiger partial charge is 0.394 e. The van der Waals surface area contributed by atoms with Crippen LogP contribution in [0.15, 0.2) is 12.2 Å². The van der Waals surface area contributed by atoms with Crippen molar-refractivity contribution in [2.75, 3.05) is 26.4 Å². The fourth-order valence-corrected chi connectivity index (χ4v) is 6.79. The van der Waals surface area contributed by atoms with Gasteiger partial charge in [-0.05, 0) is 12.8 Å². The van der Waals surface area contributed by atoms with Crippen LogP contribution >= 0.6 is 0 Å². The third-order valence-corrected chi connectivity index (χ3v) is 10.3. The maximum Gasteiger partial charge on any atom is 0.187 e. The Balaban J connectivity index is 1.44. The van der Waals surface area contributed by atoms with E-state index in [1.165, 1.54) is 57.8 Å². The Kier molecular flexibility index (Phi) is 21.7. The molecule has 0 amide bonds. The molecule has 0 aromatic rings. The molecular weight excluding hydrogens is 718 g/mol. The van der Waals surface area contributed by atoms with Crippen molar-refractivity contribution >= 4 is 0 Å². The van der Waals surface area contributed by atoms with Crippen molar-refractivity contribution in [1.82, 2.24) is 0 Å². The Morgan fingerprint density at radius 1 is 0.556 bits per heavy atom. The van der Waals surface area contributed by atoms with Crippen LogP contribution in [0.5, 0.6) is 0 Å². The average molecular weight is 786 g/mol. The van der Waals surface area contributed by atoms with Gasteiger partial charge in [-0.15, -0.1) is 0 Å². The molecule has 54 heavy (non-hydrogen) atoms. The third kappa shape index (κ3) is 13.6. The molecule has 17 atom stereocenters. The SMILES string of the molecule is CCCCCCCCCCCCC/C=C/[C@@H](O)[C@@H](N)CO[C@@H]1O[C@H](CO)[C@@H](O[C@@H]2O[C@H](CO)[C@H](O[C@@H]3O[C@H](CO)[C@H](O)[C@H](O)[C@H]3O)[C@H](O)[C@H]2O)[C@H](O)[C@H]1O. The highest BCUT2D eigenvalue weighted by molar-refractivity contribution is 4.97. The van der Waals surface area contributed by atoms with Crippen LogP contribution in [0.4, 0.5) is 0 Å². The van der Waals surface area contributed by atoms with E-state index in [2.05, 4.69) is 6.92 Å². The molecule has 0 saturated carbocycles. The van der Waals surface area contributed by atoms with Gasteiger partial charge in [0.1, 0.15) is 73.2 Å². The van der Waals surface area contributed by atoms with Gasteiger partial charge in [-0.1, -0.05) is 83.3 Å². The summed E-state index contributed by atoms with van der Waals surface area (Å²) in [4.78, 5) is 0. The fourth-order valence-electron chi connectivity index (χ4n) is 6.79. The summed E-state index contributed by atoms with van der Waals surface area (Å²) < 4.78 is 33.3. The van der Waals surface area contributed by atoms with Crippen LogP contribution in [-0.2, 0) is 28.4 Å². The lowest BCUT2D eigenvalue weighted by molar-refractivity contribution is -0.379. The summed E-state index contributed by atoms with van der Waals surface area (Å²) in [6.45, 7) is -0.413. The van der Waals surface area contributed by atoms with Crippen molar-refractivity contribution < 1.29 is 84.6 Å². The summed E-state index contributed by atoms with van der Waals surface area (Å²) in [5.41, 5.74) is 6.08. The zero-order chi connectivity index (χ0) is 39.8. The summed E-state index contributed by atoms with van der Waals surface area (Å²) in [6.07, 6.45) is -8.26. The molecule has 0 unspecified atom stereocenters. The van der Waals surface area contributed by atoms with Crippen molar-refractivity contribution in [1.29, 1.82) is 0 Å². The molecule has 3 rings (SSSR count). The molecule has 0 radical (unpaired) electrons. The number of unbranched alkanes of at least 4 members (excludes halogenated alkanes) is 11. The number of nitrogens with two attached hydrogens (primary N) is 1. The van der Waals surface area contributed by atoms with Gasteiger partial charge in [0.15, 0.2) is 18.9 Å². The van der Waals surface area contributed by atoms with Crippen LogP contribution in [0.1, 0.15) is 84.0 Å². The minimum absolute atomic E-state index is 0.285. The summed E-state index contributed by atoms with van der Waals surface area (Å²) in [5, 5.41) is 114. The first-order chi connectivity index (χ1) is 25.9. The number of hydrogen-bond donors (Lipinski definition) is 12. The van der Waals surface area contributed by atoms with Crippen molar-refractivity contribution in [2.45, 2.75) is 188 Å². The van der Waals surface area contributed by atoms with Gasteiger partial charge in [0.05, 0.1) is 38.6 Å². The highest BCUT2D eigenvalue weighted by atomic mass is 16.8. The molecule has 0 aromatic heterocycles. The highest BCUT2D eigenvalue weighted by Gasteiger charge is 2.53. The summed E-state index contributed by atoms with van der Waals surface area (Å²) in [7, 11) is 0. The van der Waals surface area contributed by atoms with E-state index in [0.717, 1.165) is 19.3 Å². The van der Waals surface area contributed by atoms with Crippen LogP contribution in [-0.4, -0.2) is 187 Å². The quantitative estimate of drug-likeness (QED) is 0.0353. The minimum Gasteiger partial charge on any atom is -0.394 e. The van der Waals surface area contributed by atoms with Gasteiger partial charge in [-0.2, -0.15) is 0 Å². The van der Waals surface area contributed by atoms with Crippen molar-refractivity contribution in [3.8, 4) is 0 Å². The molecule has 3 saturated heterocycles. The van der Waals surface area contributed by atoms with Gasteiger partial charge in [-0.3, -0.25) is 0 Å². The highest BCUT2D eigenvalue weighted by Crippen LogP contribution is 2.32. The Hall–Kier alpha value is -0.980. The predicted molar refractivity (Wildman–Crippen MR) is 189 cm³/mol. The lowest BCUT2D eigenvalue weighted by Crippen LogP contribution is -2.66. The van der Waals surface area contributed by atoms with Gasteiger partial charge >= 0.3 is 0 Å². The second kappa shape index (κ2) is 24.7. The van der Waals surface area contributed by atoms with E-state index in [1.807, 2.05) is 6.08 Å². The van der Waals surface area contributed by atoms with E-state index in [1.54, 1.807) is 6.08 Å². The molecule has 0 bridgehead atoms. The molecule has 0 aliphatic carbocycles. The number of allylic oxidation sites excluding steroid dienone is 1. The predicted octanol–water partition coefficient (Wildman–Crippen LogP) is -2.60. The minimum atomic E-state index is -1.94. The van der Waals surface area contributed by atoms with Crippen molar-refractivity contribution in [2.24, 2.45) is 5.73 Å². The van der Waals surface area contributed by atoms with E-state index >= 15 is 0 Å². The molecule has 3 aliphatic heterocycles. The van der Waals surface area contributed by atoms with Crippen molar-refractivity contribution in [3.05, 3.63) is 12.2 Å². The van der Waals surface area contributed by atoms with Gasteiger partial charge < -0.3 is 90.3 Å². The molecule has 0 spiro atoms. The van der Waals surface area contributed by atoms with Gasteiger partial charge in [0.2, 0.25) is 0 Å². The first-order valence-corrected chi connectivity index (χ1v) is 19.5. The topological polar surface area (TPSA) is 304 Å². The van der Waals surface area contributed by atoms with Crippen molar-refractivity contribution in [3.63, 3.8) is 0 Å². The summed E-state index contributed by atoms with van der Waals surface area (Å²) in [6, 6.07) is -0.908. The summed E-state index contributed by atoms with van der Waals surface area (Å²) >= 11 is 0. The molecule has 18 nitrogen and oxygen atoms in total. The second-order valence-corrected chi connectivity index (χ2v) is 14.6. The number of aliphatic hydroxyl groups excluding tert-OH is 11. The summed E-state index contributed by atoms with van der Waals surface area (Å²) in [5.74, 6) is 0. The lowest BCUT2D eigenvalue weighted by atomic mass is 9.96. The van der Waals surface area contributed by atoms with E-state index in [-0.39, 0.29) is 6.61 Å². The van der Waals surface area contributed by atoms with Crippen LogP contribution in [0.25, 0.3) is 0 Å². The normalized spacial score (nSPS) is 38.9. The Bertz CT molecular complexity index is 1030. The van der Waals surface area contributed by atoms with Crippen LogP contribution in [0, 0.1) is 0 Å². The first kappa shape index (κ1) is 47.4. The van der Waals surface area contributed by atoms with Gasteiger partial charge in [-0.25, -0.2) is 0 Å². The van der Waals surface area contributed by atoms with Gasteiger partial charge in [0.25, 0.3) is 0 Å². The maximum absolute atomic E-state index is 10.9. The molecular formula is C36H67NO17. The molecule has 0 aromatic carbocycles. The molecule has 18 heteroatoms. The lowest BCUT2D eigenvalue weighted by Gasteiger charge is -2.48. The Morgan fingerprint density at radius 2 is 0.981 bits per heavy atom. The smallest absolute Gasteiger partial charge is 0.187 e. The van der Waals surface area contributed by atoms with E-state index in [4.69, 9.17) is 34.2 Å². The fraction of sp³-hybridized carbons (Fsp3) is 0.944. The van der Waals surface area contributed by atoms with E-state index < -0.39 is 124 Å². The number of rotatable bonds is 24.